The lowest BCUT2D eigenvalue weighted by atomic mass is 10.1. The van der Waals surface area contributed by atoms with Crippen molar-refractivity contribution >= 4 is 17.9 Å². The summed E-state index contributed by atoms with van der Waals surface area (Å²) in [6, 6.07) is 0. The predicted molar refractivity (Wildman–Crippen MR) is 265 cm³/mol. The quantitative estimate of drug-likeness (QED) is 0.0263. The molecule has 1 unspecified atom stereocenters. The standard InChI is InChI=1S/C56H94O6/c1-4-7-10-13-16-19-21-23-25-27-29-30-32-34-37-40-43-46-49-55(58)61-52-53(51-60-54(57)48-45-42-39-36-18-15-12-9-6-3)62-56(59)50-47-44-41-38-35-33-31-28-26-24-22-20-17-14-11-8-5-2/h9,12,18,24,26,29-31,33,36,38,41-42,45,53H,4-8,10-11,13-17,19-23,25,27-28,32,34-35,37,39-40,43-44,46-52H2,1-3H3/b12-9-,26-24-,30-29-,33-31-,36-18-,41-38-,45-42-. The fourth-order valence-corrected chi connectivity index (χ4v) is 6.81. The molecule has 0 heterocycles. The molecule has 6 heteroatoms. The second-order valence-electron chi connectivity index (χ2n) is 16.7. The molecule has 0 aliphatic carbocycles. The third-order valence-electron chi connectivity index (χ3n) is 10.6. The fourth-order valence-electron chi connectivity index (χ4n) is 6.81. The van der Waals surface area contributed by atoms with E-state index >= 15 is 0 Å². The van der Waals surface area contributed by atoms with Gasteiger partial charge in [0.2, 0.25) is 0 Å². The number of carbonyl (C=O) groups is 3. The van der Waals surface area contributed by atoms with Crippen LogP contribution in [-0.4, -0.2) is 37.2 Å². The molecule has 0 rings (SSSR count). The summed E-state index contributed by atoms with van der Waals surface area (Å²) in [7, 11) is 0. The van der Waals surface area contributed by atoms with Gasteiger partial charge in [0.1, 0.15) is 13.2 Å². The molecule has 0 aliphatic rings. The average Bonchev–Trinajstić information content (AvgIpc) is 3.27. The zero-order valence-corrected chi connectivity index (χ0v) is 40.4. The van der Waals surface area contributed by atoms with Gasteiger partial charge in [0, 0.05) is 12.8 Å². The lowest BCUT2D eigenvalue weighted by molar-refractivity contribution is -0.166. The van der Waals surface area contributed by atoms with Crippen molar-refractivity contribution in [2.45, 2.75) is 239 Å². The van der Waals surface area contributed by atoms with Gasteiger partial charge in [0.05, 0.1) is 6.42 Å². The minimum Gasteiger partial charge on any atom is -0.462 e. The van der Waals surface area contributed by atoms with Crippen LogP contribution in [0.3, 0.4) is 0 Å². The van der Waals surface area contributed by atoms with Gasteiger partial charge in [0.15, 0.2) is 6.10 Å². The van der Waals surface area contributed by atoms with Gasteiger partial charge in [-0.05, 0) is 89.9 Å². The molecule has 0 aromatic carbocycles. The molecule has 0 amide bonds. The van der Waals surface area contributed by atoms with Gasteiger partial charge in [0.25, 0.3) is 0 Å². The summed E-state index contributed by atoms with van der Waals surface area (Å²) in [6.07, 6.45) is 64.7. The smallest absolute Gasteiger partial charge is 0.309 e. The average molecular weight is 863 g/mol. The van der Waals surface area contributed by atoms with Crippen LogP contribution in [0.5, 0.6) is 0 Å². The highest BCUT2D eigenvalue weighted by atomic mass is 16.6. The van der Waals surface area contributed by atoms with Crippen molar-refractivity contribution in [1.29, 1.82) is 0 Å². The summed E-state index contributed by atoms with van der Waals surface area (Å²) < 4.78 is 16.6. The summed E-state index contributed by atoms with van der Waals surface area (Å²) in [6.45, 7) is 6.36. The fraction of sp³-hybridized carbons (Fsp3) is 0.696. The first-order valence-electron chi connectivity index (χ1n) is 25.6. The van der Waals surface area contributed by atoms with Crippen LogP contribution in [0.2, 0.25) is 0 Å². The first kappa shape index (κ1) is 58.6. The van der Waals surface area contributed by atoms with Gasteiger partial charge in [-0.1, -0.05) is 209 Å². The number of esters is 3. The Labute approximate surface area is 382 Å². The second-order valence-corrected chi connectivity index (χ2v) is 16.7. The highest BCUT2D eigenvalue weighted by molar-refractivity contribution is 5.72. The van der Waals surface area contributed by atoms with E-state index in [9.17, 15) is 14.4 Å². The molecule has 354 valence electrons. The van der Waals surface area contributed by atoms with Gasteiger partial charge in [-0.2, -0.15) is 0 Å². The van der Waals surface area contributed by atoms with E-state index in [2.05, 4.69) is 93.7 Å². The number of carbonyl (C=O) groups excluding carboxylic acids is 3. The number of unbranched alkanes of at least 4 members (excludes halogenated alkanes) is 21. The molecule has 0 fully saturated rings. The molecule has 0 aliphatic heterocycles. The van der Waals surface area contributed by atoms with E-state index in [0.717, 1.165) is 70.6 Å². The van der Waals surface area contributed by atoms with Crippen LogP contribution in [0.4, 0.5) is 0 Å². The van der Waals surface area contributed by atoms with Crippen LogP contribution in [0.1, 0.15) is 233 Å². The highest BCUT2D eigenvalue weighted by Gasteiger charge is 2.19. The monoisotopic (exact) mass is 863 g/mol. The molecule has 0 radical (unpaired) electrons. The van der Waals surface area contributed by atoms with Gasteiger partial charge in [-0.25, -0.2) is 0 Å². The van der Waals surface area contributed by atoms with Gasteiger partial charge >= 0.3 is 17.9 Å². The minimum atomic E-state index is -0.840. The summed E-state index contributed by atoms with van der Waals surface area (Å²) >= 11 is 0. The zero-order valence-electron chi connectivity index (χ0n) is 40.4. The molecule has 6 nitrogen and oxygen atoms in total. The normalized spacial score (nSPS) is 12.8. The first-order valence-corrected chi connectivity index (χ1v) is 25.6. The van der Waals surface area contributed by atoms with Gasteiger partial charge < -0.3 is 14.2 Å². The zero-order chi connectivity index (χ0) is 45.1. The first-order chi connectivity index (χ1) is 30.5. The Kier molecular flexibility index (Phi) is 47.5. The van der Waals surface area contributed by atoms with Crippen LogP contribution in [-0.2, 0) is 28.6 Å². The van der Waals surface area contributed by atoms with Crippen molar-refractivity contribution < 1.29 is 28.6 Å². The van der Waals surface area contributed by atoms with Crippen molar-refractivity contribution in [3.05, 3.63) is 85.1 Å². The minimum absolute atomic E-state index is 0.122. The van der Waals surface area contributed by atoms with Crippen LogP contribution >= 0.6 is 0 Å². The largest absolute Gasteiger partial charge is 0.462 e. The Hall–Kier alpha value is -3.41. The predicted octanol–water partition coefficient (Wildman–Crippen LogP) is 16.8. The van der Waals surface area contributed by atoms with Gasteiger partial charge in [-0.3, -0.25) is 14.4 Å². The Morgan fingerprint density at radius 3 is 1.19 bits per heavy atom. The molecular formula is C56H94O6. The Bertz CT molecular complexity index is 1220. The van der Waals surface area contributed by atoms with Crippen molar-refractivity contribution in [3.8, 4) is 0 Å². The van der Waals surface area contributed by atoms with Crippen molar-refractivity contribution in [3.63, 3.8) is 0 Å². The van der Waals surface area contributed by atoms with E-state index in [1.54, 1.807) is 6.08 Å². The molecule has 0 N–H and O–H groups in total. The van der Waals surface area contributed by atoms with Crippen LogP contribution in [0.15, 0.2) is 85.1 Å². The van der Waals surface area contributed by atoms with Gasteiger partial charge in [-0.15, -0.1) is 0 Å². The third-order valence-corrected chi connectivity index (χ3v) is 10.6. The second kappa shape index (κ2) is 50.2. The molecule has 0 saturated heterocycles. The summed E-state index contributed by atoms with van der Waals surface area (Å²) in [5.74, 6) is -1.12. The van der Waals surface area contributed by atoms with E-state index in [1.807, 2.05) is 6.08 Å². The Morgan fingerprint density at radius 2 is 0.710 bits per heavy atom. The van der Waals surface area contributed by atoms with Crippen molar-refractivity contribution in [2.75, 3.05) is 13.2 Å². The van der Waals surface area contributed by atoms with Crippen molar-refractivity contribution in [2.24, 2.45) is 0 Å². The van der Waals surface area contributed by atoms with Crippen LogP contribution in [0, 0.1) is 0 Å². The molecule has 62 heavy (non-hydrogen) atoms. The van der Waals surface area contributed by atoms with E-state index < -0.39 is 12.1 Å². The maximum absolute atomic E-state index is 12.7. The molecule has 0 spiro atoms. The van der Waals surface area contributed by atoms with Crippen LogP contribution < -0.4 is 0 Å². The maximum Gasteiger partial charge on any atom is 0.309 e. The SMILES string of the molecule is CC/C=C\C/C=C\C/C=C\CC(=O)OCC(COC(=O)CCCCCCC/C=C\CCCCCCCCCCC)OC(=O)CCC/C=C\C/C=C\C/C=C\CCCCCCCC. The summed E-state index contributed by atoms with van der Waals surface area (Å²) in [5, 5.41) is 0. The Morgan fingerprint density at radius 1 is 0.355 bits per heavy atom. The van der Waals surface area contributed by atoms with E-state index in [-0.39, 0.29) is 38.0 Å². The number of rotatable bonds is 45. The molecule has 0 aromatic rings. The Balaban J connectivity index is 4.46. The lowest BCUT2D eigenvalue weighted by Crippen LogP contribution is -2.30. The lowest BCUT2D eigenvalue weighted by Gasteiger charge is -2.18. The number of ether oxygens (including phenoxy) is 3. The van der Waals surface area contributed by atoms with E-state index in [1.165, 1.54) is 116 Å². The molecular weight excluding hydrogens is 769 g/mol. The summed E-state index contributed by atoms with van der Waals surface area (Å²) in [5.41, 5.74) is 0. The highest BCUT2D eigenvalue weighted by Crippen LogP contribution is 2.13. The maximum atomic E-state index is 12.7. The number of hydrogen-bond donors (Lipinski definition) is 0. The van der Waals surface area contributed by atoms with Crippen molar-refractivity contribution in [1.82, 2.24) is 0 Å². The molecule has 1 atom stereocenters. The topological polar surface area (TPSA) is 78.9 Å². The summed E-state index contributed by atoms with van der Waals surface area (Å²) in [4.78, 5) is 37.8. The number of hydrogen-bond acceptors (Lipinski definition) is 6. The van der Waals surface area contributed by atoms with E-state index in [4.69, 9.17) is 14.2 Å². The van der Waals surface area contributed by atoms with E-state index in [0.29, 0.717) is 12.8 Å². The number of allylic oxidation sites excluding steroid dienone is 13. The molecule has 0 bridgehead atoms. The third kappa shape index (κ3) is 47.6. The molecule has 0 aromatic heterocycles. The van der Waals surface area contributed by atoms with Crippen LogP contribution in [0.25, 0.3) is 0 Å². The molecule has 0 saturated carbocycles.